The normalized spacial score (nSPS) is 35.4. The van der Waals surface area contributed by atoms with Gasteiger partial charge in [-0.05, 0) is 31.6 Å². The topological polar surface area (TPSA) is 69.6 Å². The van der Waals surface area contributed by atoms with Crippen molar-refractivity contribution in [3.05, 3.63) is 0 Å². The number of carbonyl (C=O) groups excluding carboxylic acids is 2. The third kappa shape index (κ3) is 2.19. The van der Waals surface area contributed by atoms with Crippen LogP contribution in [-0.2, 0) is 4.79 Å². The van der Waals surface area contributed by atoms with Crippen molar-refractivity contribution in [2.45, 2.75) is 38.2 Å². The summed E-state index contributed by atoms with van der Waals surface area (Å²) in [5.74, 6) is 0.389. The maximum atomic E-state index is 11.4. The molecule has 2 aliphatic rings. The van der Waals surface area contributed by atoms with Crippen molar-refractivity contribution >= 4 is 11.9 Å². The maximum Gasteiger partial charge on any atom is 0.324 e. The van der Waals surface area contributed by atoms with Crippen LogP contribution >= 0.6 is 0 Å². The number of nitrogens with one attached hydrogen (secondary N) is 1. The fraction of sp³-hybridized carbons (Fsp3) is 0.818. The number of amides is 3. The number of β-amino-alcohol motifs (C(OH)–C–C–N with tert-alkyl or cyclic N) is 1. The predicted octanol–water partition coefficient (Wildman–Crippen LogP) is 0.479. The highest BCUT2D eigenvalue weighted by molar-refractivity contribution is 6.02. The van der Waals surface area contributed by atoms with E-state index in [1.165, 1.54) is 0 Å². The molecule has 0 radical (unpaired) electrons. The molecule has 2 rings (SSSR count). The first-order chi connectivity index (χ1) is 7.50. The zero-order valence-electron chi connectivity index (χ0n) is 9.53. The van der Waals surface area contributed by atoms with Crippen LogP contribution in [0.5, 0.6) is 0 Å². The Labute approximate surface area is 94.8 Å². The summed E-state index contributed by atoms with van der Waals surface area (Å²) in [4.78, 5) is 23.9. The molecule has 1 saturated carbocycles. The van der Waals surface area contributed by atoms with Gasteiger partial charge in [0, 0.05) is 0 Å². The summed E-state index contributed by atoms with van der Waals surface area (Å²) in [6.45, 7) is 2.36. The van der Waals surface area contributed by atoms with E-state index in [2.05, 4.69) is 12.2 Å². The Morgan fingerprint density at radius 1 is 1.44 bits per heavy atom. The molecule has 0 aromatic heterocycles. The quantitative estimate of drug-likeness (QED) is 0.673. The van der Waals surface area contributed by atoms with Gasteiger partial charge in [-0.3, -0.25) is 9.69 Å². The van der Waals surface area contributed by atoms with Crippen molar-refractivity contribution in [2.75, 3.05) is 13.1 Å². The molecule has 90 valence electrons. The van der Waals surface area contributed by atoms with Gasteiger partial charge in [-0.2, -0.15) is 0 Å². The van der Waals surface area contributed by atoms with E-state index in [1.54, 1.807) is 0 Å². The first kappa shape index (κ1) is 11.4. The van der Waals surface area contributed by atoms with Crippen molar-refractivity contribution in [3.63, 3.8) is 0 Å². The molecule has 0 atom stereocenters. The molecular formula is C11H18N2O3. The standard InChI is InChI=1S/C11H18N2O3/c1-8-2-4-11(16,5-3-8)7-13-9(14)6-12-10(13)15/h8,16H,2-7H2,1H3,(H,12,15). The van der Waals surface area contributed by atoms with Gasteiger partial charge in [0.15, 0.2) is 0 Å². The molecule has 0 spiro atoms. The summed E-state index contributed by atoms with van der Waals surface area (Å²) in [5, 5.41) is 12.8. The van der Waals surface area contributed by atoms with Gasteiger partial charge >= 0.3 is 6.03 Å². The summed E-state index contributed by atoms with van der Waals surface area (Å²) in [7, 11) is 0. The summed E-state index contributed by atoms with van der Waals surface area (Å²) >= 11 is 0. The Morgan fingerprint density at radius 2 is 2.06 bits per heavy atom. The SMILES string of the molecule is CC1CCC(O)(CN2C(=O)CNC2=O)CC1. The number of nitrogens with zero attached hydrogens (tertiary/aromatic N) is 1. The number of hydrogen-bond acceptors (Lipinski definition) is 3. The van der Waals surface area contributed by atoms with E-state index in [4.69, 9.17) is 0 Å². The van der Waals surface area contributed by atoms with Crippen LogP contribution in [0.1, 0.15) is 32.6 Å². The molecule has 3 amide bonds. The molecule has 0 bridgehead atoms. The van der Waals surface area contributed by atoms with Gasteiger partial charge in [0.25, 0.3) is 0 Å². The molecule has 0 aromatic carbocycles. The molecule has 1 aliphatic heterocycles. The van der Waals surface area contributed by atoms with Gasteiger partial charge in [0.05, 0.1) is 18.7 Å². The second-order valence-corrected chi connectivity index (χ2v) is 5.05. The molecule has 0 aromatic rings. The Morgan fingerprint density at radius 3 is 2.56 bits per heavy atom. The van der Waals surface area contributed by atoms with Crippen LogP contribution in [0.2, 0.25) is 0 Å². The molecule has 1 saturated heterocycles. The summed E-state index contributed by atoms with van der Waals surface area (Å²) < 4.78 is 0. The van der Waals surface area contributed by atoms with Crippen LogP contribution in [0.15, 0.2) is 0 Å². The molecule has 5 heteroatoms. The number of urea groups is 1. The van der Waals surface area contributed by atoms with Crippen LogP contribution in [0, 0.1) is 5.92 Å². The van der Waals surface area contributed by atoms with Crippen LogP contribution < -0.4 is 5.32 Å². The largest absolute Gasteiger partial charge is 0.388 e. The Bertz CT molecular complexity index is 292. The summed E-state index contributed by atoms with van der Waals surface area (Å²) in [6.07, 6.45) is 3.26. The second kappa shape index (κ2) is 4.05. The minimum Gasteiger partial charge on any atom is -0.388 e. The molecule has 5 nitrogen and oxygen atoms in total. The van der Waals surface area contributed by atoms with Crippen molar-refractivity contribution in [2.24, 2.45) is 5.92 Å². The van der Waals surface area contributed by atoms with E-state index >= 15 is 0 Å². The highest BCUT2D eigenvalue weighted by Crippen LogP contribution is 2.32. The number of aliphatic hydroxyl groups is 1. The highest BCUT2D eigenvalue weighted by atomic mass is 16.3. The van der Waals surface area contributed by atoms with Crippen LogP contribution in [-0.4, -0.2) is 40.6 Å². The molecular weight excluding hydrogens is 208 g/mol. The third-order valence-corrected chi connectivity index (χ3v) is 3.59. The van der Waals surface area contributed by atoms with E-state index in [1.807, 2.05) is 0 Å². The monoisotopic (exact) mass is 226 g/mol. The van der Waals surface area contributed by atoms with Gasteiger partial charge in [-0.15, -0.1) is 0 Å². The van der Waals surface area contributed by atoms with Gasteiger partial charge < -0.3 is 10.4 Å². The lowest BCUT2D eigenvalue weighted by molar-refractivity contribution is -0.128. The lowest BCUT2D eigenvalue weighted by Crippen LogP contribution is -2.47. The Balaban J connectivity index is 1.98. The van der Waals surface area contributed by atoms with Gasteiger partial charge in [-0.1, -0.05) is 6.92 Å². The van der Waals surface area contributed by atoms with Crippen LogP contribution in [0.4, 0.5) is 4.79 Å². The average Bonchev–Trinajstić information content (AvgIpc) is 2.55. The predicted molar refractivity (Wildman–Crippen MR) is 57.7 cm³/mol. The minimum atomic E-state index is -0.871. The van der Waals surface area contributed by atoms with Crippen molar-refractivity contribution < 1.29 is 14.7 Å². The minimum absolute atomic E-state index is 0.0608. The van der Waals surface area contributed by atoms with Gasteiger partial charge in [-0.25, -0.2) is 4.79 Å². The second-order valence-electron chi connectivity index (χ2n) is 5.05. The lowest BCUT2D eigenvalue weighted by Gasteiger charge is -2.36. The molecule has 1 heterocycles. The third-order valence-electron chi connectivity index (χ3n) is 3.59. The smallest absolute Gasteiger partial charge is 0.324 e. The van der Waals surface area contributed by atoms with E-state index < -0.39 is 5.60 Å². The average molecular weight is 226 g/mol. The Hall–Kier alpha value is -1.10. The van der Waals surface area contributed by atoms with Gasteiger partial charge in [0.1, 0.15) is 0 Å². The fourth-order valence-electron chi connectivity index (χ4n) is 2.37. The van der Waals surface area contributed by atoms with Crippen LogP contribution in [0.25, 0.3) is 0 Å². The first-order valence-electron chi connectivity index (χ1n) is 5.81. The lowest BCUT2D eigenvalue weighted by atomic mass is 9.79. The van der Waals surface area contributed by atoms with Crippen molar-refractivity contribution in [1.29, 1.82) is 0 Å². The van der Waals surface area contributed by atoms with E-state index in [-0.39, 0.29) is 25.0 Å². The number of hydrogen-bond donors (Lipinski definition) is 2. The Kier molecular flexibility index (Phi) is 2.88. The fourth-order valence-corrected chi connectivity index (χ4v) is 2.37. The zero-order valence-corrected chi connectivity index (χ0v) is 9.53. The van der Waals surface area contributed by atoms with E-state index in [0.29, 0.717) is 18.8 Å². The molecule has 1 aliphatic carbocycles. The maximum absolute atomic E-state index is 11.4. The number of imide groups is 1. The molecule has 2 N–H and O–H groups in total. The molecule has 0 unspecified atom stereocenters. The number of carbonyl (C=O) groups is 2. The van der Waals surface area contributed by atoms with Gasteiger partial charge in [0.2, 0.25) is 5.91 Å². The highest BCUT2D eigenvalue weighted by Gasteiger charge is 2.39. The van der Waals surface area contributed by atoms with Crippen molar-refractivity contribution in [3.8, 4) is 0 Å². The van der Waals surface area contributed by atoms with E-state index in [0.717, 1.165) is 17.7 Å². The summed E-state index contributed by atoms with van der Waals surface area (Å²) in [5.41, 5.74) is -0.871. The summed E-state index contributed by atoms with van der Waals surface area (Å²) in [6, 6.07) is -0.378. The molecule has 2 fully saturated rings. The molecule has 16 heavy (non-hydrogen) atoms. The number of rotatable bonds is 2. The zero-order chi connectivity index (χ0) is 11.8. The van der Waals surface area contributed by atoms with Crippen LogP contribution in [0.3, 0.4) is 0 Å². The van der Waals surface area contributed by atoms with Crippen molar-refractivity contribution in [1.82, 2.24) is 10.2 Å². The van der Waals surface area contributed by atoms with E-state index in [9.17, 15) is 14.7 Å². The first-order valence-corrected chi connectivity index (χ1v) is 5.81.